The van der Waals surface area contributed by atoms with Crippen LogP contribution in [0.15, 0.2) is 72.8 Å². The first-order chi connectivity index (χ1) is 30.5. The summed E-state index contributed by atoms with van der Waals surface area (Å²) in [4.78, 5) is 127. The van der Waals surface area contributed by atoms with Crippen LogP contribution in [-0.4, -0.2) is 135 Å². The van der Waals surface area contributed by atoms with Gasteiger partial charge in [-0.3, -0.25) is 57.7 Å². The molecule has 4 aromatic carbocycles. The Morgan fingerprint density at radius 2 is 0.692 bits per heavy atom. The summed E-state index contributed by atoms with van der Waals surface area (Å²) in [5.74, 6) is -5.60. The molecule has 0 saturated carbocycles. The Bertz CT molecular complexity index is 2440. The SMILES string of the molecule is C.COC(=O)CN(C)CC(=O)Nc1ccc(NC(=O)CN(C)CC(=O)OC)c2c1C(=O)c1ccccc1C2=O.O=C(CCl)Nc1ccc(NC(=O)CCl)c2c1C(=O)c1ccccc1C2=O. The maximum atomic E-state index is 13.5. The van der Waals surface area contributed by atoms with Gasteiger partial charge >= 0.3 is 11.9 Å². The number of methoxy groups -OCH3 is 2. The lowest BCUT2D eigenvalue weighted by Gasteiger charge is -2.24. The van der Waals surface area contributed by atoms with Gasteiger partial charge in [-0.15, -0.1) is 23.2 Å². The smallest absolute Gasteiger partial charge is 0.319 e. The first-order valence-corrected chi connectivity index (χ1v) is 20.1. The van der Waals surface area contributed by atoms with Crippen molar-refractivity contribution < 1.29 is 57.4 Å². The van der Waals surface area contributed by atoms with E-state index >= 15 is 0 Å². The molecule has 0 unspecified atom stereocenters. The molecule has 4 amide bonds. The lowest BCUT2D eigenvalue weighted by molar-refractivity contribution is -0.142. The molecule has 0 atom stereocenters. The van der Waals surface area contributed by atoms with Gasteiger partial charge in [0.25, 0.3) is 0 Å². The molecule has 18 nitrogen and oxygen atoms in total. The van der Waals surface area contributed by atoms with E-state index in [0.29, 0.717) is 0 Å². The van der Waals surface area contributed by atoms with Crippen LogP contribution < -0.4 is 21.3 Å². The molecule has 4 aromatic rings. The van der Waals surface area contributed by atoms with Gasteiger partial charge in [0.05, 0.1) is 85.4 Å². The van der Waals surface area contributed by atoms with Gasteiger partial charge in [0.1, 0.15) is 11.8 Å². The van der Waals surface area contributed by atoms with Crippen molar-refractivity contribution in [3.8, 4) is 0 Å². The zero-order valence-electron chi connectivity index (χ0n) is 34.7. The van der Waals surface area contributed by atoms with Crippen molar-refractivity contribution in [3.05, 3.63) is 117 Å². The van der Waals surface area contributed by atoms with Crippen LogP contribution in [-0.2, 0) is 38.2 Å². The predicted octanol–water partition coefficient (Wildman–Crippen LogP) is 4.00. The topological polar surface area (TPSA) is 244 Å². The van der Waals surface area contributed by atoms with Crippen molar-refractivity contribution in [1.82, 2.24) is 9.80 Å². The second-order valence-corrected chi connectivity index (χ2v) is 14.7. The largest absolute Gasteiger partial charge is 0.468 e. The predicted molar refractivity (Wildman–Crippen MR) is 241 cm³/mol. The number of amides is 4. The third-order valence-corrected chi connectivity index (χ3v) is 10.1. The molecule has 0 fully saturated rings. The molecule has 0 radical (unpaired) electrons. The fourth-order valence-corrected chi connectivity index (χ4v) is 6.91. The van der Waals surface area contributed by atoms with Crippen molar-refractivity contribution in [2.45, 2.75) is 7.43 Å². The number of esters is 2. The second kappa shape index (κ2) is 22.5. The van der Waals surface area contributed by atoms with Crippen molar-refractivity contribution in [2.24, 2.45) is 0 Å². The summed E-state index contributed by atoms with van der Waals surface area (Å²) in [6, 6.07) is 18.4. The van der Waals surface area contributed by atoms with Crippen molar-refractivity contribution >= 4 is 105 Å². The number of anilines is 4. The highest BCUT2D eigenvalue weighted by atomic mass is 35.5. The van der Waals surface area contributed by atoms with Crippen LogP contribution in [0.1, 0.15) is 71.1 Å². The van der Waals surface area contributed by atoms with Crippen molar-refractivity contribution in [3.63, 3.8) is 0 Å². The third-order valence-electron chi connectivity index (χ3n) is 9.57. The van der Waals surface area contributed by atoms with Gasteiger partial charge in [-0.25, -0.2) is 0 Å². The van der Waals surface area contributed by atoms with Crippen LogP contribution in [0.25, 0.3) is 0 Å². The first kappa shape index (κ1) is 50.5. The molecule has 0 aliphatic heterocycles. The molecule has 65 heavy (non-hydrogen) atoms. The summed E-state index contributed by atoms with van der Waals surface area (Å²) < 4.78 is 9.19. The van der Waals surface area contributed by atoms with E-state index in [4.69, 9.17) is 23.2 Å². The molecule has 2 aliphatic carbocycles. The highest BCUT2D eigenvalue weighted by molar-refractivity contribution is 6.35. The van der Waals surface area contributed by atoms with Gasteiger partial charge in [0.15, 0.2) is 23.1 Å². The Morgan fingerprint density at radius 1 is 0.446 bits per heavy atom. The minimum atomic E-state index is -0.529. The number of nitrogens with zero attached hydrogens (tertiary/aromatic N) is 2. The van der Waals surface area contributed by atoms with Gasteiger partial charge in [0.2, 0.25) is 23.6 Å². The quantitative estimate of drug-likeness (QED) is 0.0892. The molecule has 4 N–H and O–H groups in total. The standard InChI is InChI=1S/C26H28N4O8.C18H12Cl2N2O4.CH4/c1-29(13-21(33)37-3)11-19(31)27-17-9-10-18(28-20(32)12-30(2)14-22(34)38-4)24-23(17)25(35)15-7-5-6-8-16(15)26(24)36;19-7-13(23)21-11-5-6-12(22-14(24)8-20)16-15(11)17(25)9-3-1-2-4-10(9)18(16)26;/h5-10H,11-14H2,1-4H3,(H,27,31)(H,28,32);1-6H,7-8H2,(H,21,23)(H,22,24);1H4. The molecular weight excluding hydrogens is 887 g/mol. The maximum absolute atomic E-state index is 13.5. The summed E-state index contributed by atoms with van der Waals surface area (Å²) in [5.41, 5.74) is 1.20. The normalized spacial score (nSPS) is 11.9. The van der Waals surface area contributed by atoms with E-state index in [1.54, 1.807) is 38.4 Å². The zero-order chi connectivity index (χ0) is 46.8. The van der Waals surface area contributed by atoms with E-state index in [-0.39, 0.29) is 113 Å². The van der Waals surface area contributed by atoms with Crippen molar-refractivity contribution in [1.29, 1.82) is 0 Å². The summed E-state index contributed by atoms with van der Waals surface area (Å²) >= 11 is 11.0. The number of likely N-dealkylation sites (N-methyl/N-ethyl adjacent to an activating group) is 2. The second-order valence-electron chi connectivity index (χ2n) is 14.2. The lowest BCUT2D eigenvalue weighted by atomic mass is 9.82. The number of carbonyl (C=O) groups excluding carboxylic acids is 10. The minimum absolute atomic E-state index is 0. The maximum Gasteiger partial charge on any atom is 0.319 e. The molecule has 0 spiro atoms. The van der Waals surface area contributed by atoms with Gasteiger partial charge < -0.3 is 30.7 Å². The Balaban J connectivity index is 0.000000299. The molecule has 0 aromatic heterocycles. The highest BCUT2D eigenvalue weighted by Gasteiger charge is 2.36. The molecule has 340 valence electrons. The Hall–Kier alpha value is -7.12. The van der Waals surface area contributed by atoms with Crippen LogP contribution in [0.3, 0.4) is 0 Å². The highest BCUT2D eigenvalue weighted by Crippen LogP contribution is 2.38. The average Bonchev–Trinajstić information content (AvgIpc) is 3.27. The van der Waals surface area contributed by atoms with E-state index in [1.807, 2.05) is 0 Å². The average molecular weight is 932 g/mol. The lowest BCUT2D eigenvalue weighted by Crippen LogP contribution is -2.35. The summed E-state index contributed by atoms with van der Waals surface area (Å²) in [6.07, 6.45) is 0. The summed E-state index contributed by atoms with van der Waals surface area (Å²) in [5, 5.41) is 10.3. The Kier molecular flexibility index (Phi) is 17.5. The number of hydrogen-bond donors (Lipinski definition) is 4. The van der Waals surface area contributed by atoms with Crippen LogP contribution in [0.2, 0.25) is 0 Å². The number of hydrogen-bond acceptors (Lipinski definition) is 14. The summed E-state index contributed by atoms with van der Waals surface area (Å²) in [6.45, 7) is -0.619. The van der Waals surface area contributed by atoms with Crippen LogP contribution >= 0.6 is 23.2 Å². The number of benzene rings is 4. The van der Waals surface area contributed by atoms with E-state index in [0.717, 1.165) is 0 Å². The van der Waals surface area contributed by atoms with E-state index < -0.39 is 58.7 Å². The monoisotopic (exact) mass is 930 g/mol. The van der Waals surface area contributed by atoms with Gasteiger partial charge in [0, 0.05) is 22.3 Å². The van der Waals surface area contributed by atoms with E-state index in [1.165, 1.54) is 72.6 Å². The first-order valence-electron chi connectivity index (χ1n) is 19.1. The minimum Gasteiger partial charge on any atom is -0.468 e. The van der Waals surface area contributed by atoms with Crippen LogP contribution in [0.4, 0.5) is 22.7 Å². The number of ether oxygens (including phenoxy) is 2. The van der Waals surface area contributed by atoms with E-state index in [9.17, 15) is 47.9 Å². The zero-order valence-corrected chi connectivity index (χ0v) is 36.2. The molecule has 0 heterocycles. The van der Waals surface area contributed by atoms with Crippen LogP contribution in [0, 0.1) is 0 Å². The number of rotatable bonds is 14. The Morgan fingerprint density at radius 3 is 0.923 bits per heavy atom. The number of carbonyl (C=O) groups is 10. The molecule has 6 rings (SSSR count). The van der Waals surface area contributed by atoms with Gasteiger partial charge in [-0.2, -0.15) is 0 Å². The molecule has 0 bridgehead atoms. The fourth-order valence-electron chi connectivity index (χ4n) is 6.78. The van der Waals surface area contributed by atoms with Gasteiger partial charge in [-0.1, -0.05) is 56.0 Å². The number of halogens is 2. The van der Waals surface area contributed by atoms with Crippen molar-refractivity contribution in [2.75, 3.05) is 87.5 Å². The van der Waals surface area contributed by atoms with Gasteiger partial charge in [-0.05, 0) is 38.4 Å². The van der Waals surface area contributed by atoms with E-state index in [2.05, 4.69) is 30.7 Å². The molecular formula is C45H44Cl2N6O12. The third kappa shape index (κ3) is 11.7. The number of nitrogens with one attached hydrogen (secondary N) is 4. The Labute approximate surface area is 382 Å². The molecule has 0 saturated heterocycles. The number of alkyl halides is 2. The van der Waals surface area contributed by atoms with Crippen LogP contribution in [0.5, 0.6) is 0 Å². The summed E-state index contributed by atoms with van der Waals surface area (Å²) in [7, 11) is 5.57. The fraction of sp³-hybridized carbons (Fsp3) is 0.244. The number of ketones is 4. The molecule has 20 heteroatoms. The molecule has 2 aliphatic rings. The number of fused-ring (bicyclic) bond motifs is 4.